The van der Waals surface area contributed by atoms with Gasteiger partial charge in [0.25, 0.3) is 0 Å². The molecule has 132 valence electrons. The molecule has 0 atom stereocenters. The summed E-state index contributed by atoms with van der Waals surface area (Å²) in [6, 6.07) is 4.36. The average Bonchev–Trinajstić information content (AvgIpc) is 2.93. The molecular weight excluding hydrogens is 302 g/mol. The van der Waals surface area contributed by atoms with Crippen molar-refractivity contribution in [2.24, 2.45) is 7.05 Å². The summed E-state index contributed by atoms with van der Waals surface area (Å²) < 4.78 is 7.55. The van der Waals surface area contributed by atoms with Crippen LogP contribution < -0.4 is 4.74 Å². The minimum Gasteiger partial charge on any atom is -0.496 e. The van der Waals surface area contributed by atoms with E-state index in [1.54, 1.807) is 7.11 Å². The molecule has 2 rings (SSSR count). The highest BCUT2D eigenvalue weighted by atomic mass is 16.5. The Balaban J connectivity index is 2.25. The van der Waals surface area contributed by atoms with Gasteiger partial charge in [-0.1, -0.05) is 19.9 Å². The quantitative estimate of drug-likeness (QED) is 0.808. The van der Waals surface area contributed by atoms with Gasteiger partial charge >= 0.3 is 0 Å². The van der Waals surface area contributed by atoms with Gasteiger partial charge in [0.2, 0.25) is 0 Å². The summed E-state index contributed by atoms with van der Waals surface area (Å²) in [6.07, 6.45) is 3.69. The second-order valence-corrected chi connectivity index (χ2v) is 6.61. The molecule has 0 amide bonds. The van der Waals surface area contributed by atoms with Crippen LogP contribution in [0.5, 0.6) is 5.75 Å². The molecule has 24 heavy (non-hydrogen) atoms. The lowest BCUT2D eigenvalue weighted by atomic mass is 9.96. The molecule has 5 heteroatoms. The molecule has 0 bridgehead atoms. The first kappa shape index (κ1) is 18.5. The molecule has 1 aromatic heterocycles. The third kappa shape index (κ3) is 4.36. The van der Waals surface area contributed by atoms with Crippen LogP contribution in [-0.2, 0) is 20.1 Å². The number of aromatic nitrogens is 2. The predicted octanol–water partition coefficient (Wildman–Crippen LogP) is 2.86. The number of aryl methyl sites for hydroxylation is 2. The molecule has 0 aliphatic rings. The van der Waals surface area contributed by atoms with Gasteiger partial charge in [0.15, 0.2) is 0 Å². The molecule has 0 radical (unpaired) electrons. The van der Waals surface area contributed by atoms with Gasteiger partial charge in [-0.2, -0.15) is 0 Å². The van der Waals surface area contributed by atoms with Gasteiger partial charge in [0, 0.05) is 32.9 Å². The van der Waals surface area contributed by atoms with Crippen LogP contribution in [0.4, 0.5) is 0 Å². The van der Waals surface area contributed by atoms with E-state index in [1.807, 2.05) is 24.1 Å². The second kappa shape index (κ2) is 8.31. The van der Waals surface area contributed by atoms with Crippen LogP contribution in [0.1, 0.15) is 42.1 Å². The molecule has 5 nitrogen and oxygen atoms in total. The lowest BCUT2D eigenvalue weighted by Gasteiger charge is -2.24. The number of hydrogen-bond donors (Lipinski definition) is 1. The first-order valence-electron chi connectivity index (χ1n) is 8.42. The number of imidazole rings is 1. The van der Waals surface area contributed by atoms with Crippen LogP contribution in [0.2, 0.25) is 0 Å². The van der Waals surface area contributed by atoms with Crippen LogP contribution in [-0.4, -0.2) is 39.8 Å². The highest BCUT2D eigenvalue weighted by molar-refractivity contribution is 5.43. The lowest BCUT2D eigenvalue weighted by molar-refractivity contribution is 0.181. The third-order valence-electron chi connectivity index (χ3n) is 4.42. The standard InChI is InChI=1S/C19H29N3O2/c1-14(2)18-9-16(15(3)8-19(18)24-5)11-22(6-7-23)12-17-10-20-13-21(17)4/h8-10,13-14,23H,6-7,11-12H2,1-5H3. The van der Waals surface area contributed by atoms with Crippen LogP contribution in [0.25, 0.3) is 0 Å². The zero-order valence-corrected chi connectivity index (χ0v) is 15.4. The number of rotatable bonds is 8. The Labute approximate surface area is 144 Å². The zero-order valence-electron chi connectivity index (χ0n) is 15.4. The Morgan fingerprint density at radius 1 is 1.29 bits per heavy atom. The smallest absolute Gasteiger partial charge is 0.122 e. The predicted molar refractivity (Wildman–Crippen MR) is 96.2 cm³/mol. The van der Waals surface area contributed by atoms with Crippen molar-refractivity contribution < 1.29 is 9.84 Å². The summed E-state index contributed by atoms with van der Waals surface area (Å²) in [6.45, 7) is 8.80. The Kier molecular flexibility index (Phi) is 6.40. The number of aliphatic hydroxyl groups excluding tert-OH is 1. The van der Waals surface area contributed by atoms with Crippen molar-refractivity contribution in [3.05, 3.63) is 47.0 Å². The van der Waals surface area contributed by atoms with Crippen LogP contribution >= 0.6 is 0 Å². The highest BCUT2D eigenvalue weighted by Gasteiger charge is 2.15. The molecule has 1 heterocycles. The van der Waals surface area contributed by atoms with Gasteiger partial charge in [-0.25, -0.2) is 4.98 Å². The van der Waals surface area contributed by atoms with E-state index in [1.165, 1.54) is 16.7 Å². The van der Waals surface area contributed by atoms with Crippen molar-refractivity contribution in [3.8, 4) is 5.75 Å². The molecule has 0 saturated carbocycles. The molecule has 0 fully saturated rings. The van der Waals surface area contributed by atoms with Crippen LogP contribution in [0.3, 0.4) is 0 Å². The number of nitrogens with zero attached hydrogens (tertiary/aromatic N) is 3. The fourth-order valence-corrected chi connectivity index (χ4v) is 2.91. The maximum absolute atomic E-state index is 9.42. The molecule has 0 spiro atoms. The fraction of sp³-hybridized carbons (Fsp3) is 0.526. The summed E-state index contributed by atoms with van der Waals surface area (Å²) in [5.41, 5.74) is 4.85. The van der Waals surface area contributed by atoms with Crippen molar-refractivity contribution in [1.29, 1.82) is 0 Å². The SMILES string of the molecule is COc1cc(C)c(CN(CCO)Cc2cncn2C)cc1C(C)C. The van der Waals surface area contributed by atoms with E-state index < -0.39 is 0 Å². The summed E-state index contributed by atoms with van der Waals surface area (Å²) in [4.78, 5) is 6.42. The molecule has 1 N–H and O–H groups in total. The molecular formula is C19H29N3O2. The molecule has 0 aliphatic carbocycles. The Bertz CT molecular complexity index is 665. The number of hydrogen-bond acceptors (Lipinski definition) is 4. The molecule has 0 aliphatic heterocycles. The number of benzene rings is 1. The van der Waals surface area contributed by atoms with Gasteiger partial charge in [0.1, 0.15) is 5.75 Å². The Morgan fingerprint density at radius 2 is 2.04 bits per heavy atom. The average molecular weight is 331 g/mol. The van der Waals surface area contributed by atoms with E-state index in [9.17, 15) is 5.11 Å². The van der Waals surface area contributed by atoms with Crippen LogP contribution in [0, 0.1) is 6.92 Å². The normalized spacial score (nSPS) is 11.5. The van der Waals surface area contributed by atoms with Gasteiger partial charge in [-0.15, -0.1) is 0 Å². The highest BCUT2D eigenvalue weighted by Crippen LogP contribution is 2.30. The van der Waals surface area contributed by atoms with E-state index in [0.717, 1.165) is 24.5 Å². The van der Waals surface area contributed by atoms with Gasteiger partial charge < -0.3 is 14.4 Å². The summed E-state index contributed by atoms with van der Waals surface area (Å²) in [7, 11) is 3.72. The summed E-state index contributed by atoms with van der Waals surface area (Å²) in [5.74, 6) is 1.36. The topological polar surface area (TPSA) is 50.5 Å². The molecule has 0 saturated heterocycles. The minimum atomic E-state index is 0.143. The molecule has 0 unspecified atom stereocenters. The van der Waals surface area contributed by atoms with Gasteiger partial charge in [-0.05, 0) is 35.6 Å². The van der Waals surface area contributed by atoms with Crippen molar-refractivity contribution >= 4 is 0 Å². The van der Waals surface area contributed by atoms with Crippen molar-refractivity contribution in [2.45, 2.75) is 39.8 Å². The van der Waals surface area contributed by atoms with E-state index in [0.29, 0.717) is 12.5 Å². The Hall–Kier alpha value is -1.85. The van der Waals surface area contributed by atoms with Crippen molar-refractivity contribution in [1.82, 2.24) is 14.5 Å². The van der Waals surface area contributed by atoms with E-state index in [-0.39, 0.29) is 6.61 Å². The minimum absolute atomic E-state index is 0.143. The van der Waals surface area contributed by atoms with Gasteiger partial charge in [0.05, 0.1) is 25.7 Å². The maximum atomic E-state index is 9.42. The third-order valence-corrected chi connectivity index (χ3v) is 4.42. The Morgan fingerprint density at radius 3 is 2.58 bits per heavy atom. The summed E-state index contributed by atoms with van der Waals surface area (Å²) >= 11 is 0. The second-order valence-electron chi connectivity index (χ2n) is 6.61. The maximum Gasteiger partial charge on any atom is 0.122 e. The first-order chi connectivity index (χ1) is 11.5. The molecule has 1 aromatic carbocycles. The van der Waals surface area contributed by atoms with E-state index in [2.05, 4.69) is 42.8 Å². The van der Waals surface area contributed by atoms with E-state index >= 15 is 0 Å². The van der Waals surface area contributed by atoms with Crippen LogP contribution in [0.15, 0.2) is 24.7 Å². The summed E-state index contributed by atoms with van der Waals surface area (Å²) in [5, 5.41) is 9.42. The van der Waals surface area contributed by atoms with Gasteiger partial charge in [-0.3, -0.25) is 4.90 Å². The first-order valence-corrected chi connectivity index (χ1v) is 8.42. The largest absolute Gasteiger partial charge is 0.496 e. The zero-order chi connectivity index (χ0) is 17.7. The number of ether oxygens (including phenoxy) is 1. The van der Waals surface area contributed by atoms with E-state index in [4.69, 9.17) is 4.74 Å². The lowest BCUT2D eigenvalue weighted by Crippen LogP contribution is -2.27. The number of aliphatic hydroxyl groups is 1. The number of methoxy groups -OCH3 is 1. The van der Waals surface area contributed by atoms with Crippen molar-refractivity contribution in [2.75, 3.05) is 20.3 Å². The molecule has 2 aromatic rings. The van der Waals surface area contributed by atoms with Crippen molar-refractivity contribution in [3.63, 3.8) is 0 Å². The monoisotopic (exact) mass is 331 g/mol. The fourth-order valence-electron chi connectivity index (χ4n) is 2.91.